The van der Waals surface area contributed by atoms with Gasteiger partial charge in [-0.15, -0.1) is 11.3 Å². The Balaban J connectivity index is 1.87. The molecule has 0 spiro atoms. The Bertz CT molecular complexity index is 303. The normalized spacial score (nSPS) is 19.0. The zero-order valence-corrected chi connectivity index (χ0v) is 10.3. The van der Waals surface area contributed by atoms with Crippen molar-refractivity contribution in [1.29, 1.82) is 0 Å². The number of rotatable bonds is 4. The van der Waals surface area contributed by atoms with Crippen LogP contribution in [0.5, 0.6) is 0 Å². The van der Waals surface area contributed by atoms with E-state index < -0.39 is 0 Å². The van der Waals surface area contributed by atoms with Crippen molar-refractivity contribution >= 4 is 32.3 Å². The fourth-order valence-electron chi connectivity index (χ4n) is 1.75. The topological polar surface area (TPSA) is 32.3 Å². The molecule has 1 aromatic heterocycles. The van der Waals surface area contributed by atoms with Crippen LogP contribution in [0, 0.1) is 5.41 Å². The molecule has 1 aliphatic carbocycles. The van der Waals surface area contributed by atoms with Crippen LogP contribution in [-0.2, 0) is 0 Å². The van der Waals surface area contributed by atoms with Crippen LogP contribution in [-0.4, -0.2) is 18.3 Å². The first-order chi connectivity index (χ1) is 6.74. The summed E-state index contributed by atoms with van der Waals surface area (Å²) in [6.07, 6.45) is 3.57. The van der Waals surface area contributed by atoms with E-state index in [1.165, 1.54) is 11.4 Å². The van der Waals surface area contributed by atoms with Crippen LogP contribution in [0.4, 0.5) is 5.00 Å². The molecule has 0 unspecified atom stereocenters. The van der Waals surface area contributed by atoms with E-state index >= 15 is 0 Å². The highest BCUT2D eigenvalue weighted by atomic mass is 79.9. The zero-order valence-electron chi connectivity index (χ0n) is 7.92. The largest absolute Gasteiger partial charge is 0.396 e. The third-order valence-corrected chi connectivity index (χ3v) is 4.60. The van der Waals surface area contributed by atoms with E-state index in [0.717, 1.165) is 23.9 Å². The van der Waals surface area contributed by atoms with Gasteiger partial charge in [-0.2, -0.15) is 0 Å². The summed E-state index contributed by atoms with van der Waals surface area (Å²) in [4.78, 5) is 0. The third kappa shape index (κ3) is 2.12. The van der Waals surface area contributed by atoms with Crippen LogP contribution in [0.2, 0.25) is 0 Å². The Labute approximate surface area is 96.5 Å². The SMILES string of the molecule is OCC1(CNc2cc(Br)cs2)CCC1. The maximum atomic E-state index is 9.27. The standard InChI is InChI=1S/C10H14BrNOS/c11-8-4-9(14-5-8)12-6-10(7-13)2-1-3-10/h4-5,12-13H,1-3,6-7H2. The van der Waals surface area contributed by atoms with Crippen LogP contribution in [0.1, 0.15) is 19.3 Å². The maximum Gasteiger partial charge on any atom is 0.0894 e. The summed E-state index contributed by atoms with van der Waals surface area (Å²) in [5.74, 6) is 0. The van der Waals surface area contributed by atoms with Crippen LogP contribution in [0.3, 0.4) is 0 Å². The summed E-state index contributed by atoms with van der Waals surface area (Å²) in [7, 11) is 0. The number of nitrogens with one attached hydrogen (secondary N) is 1. The van der Waals surface area contributed by atoms with Gasteiger partial charge in [0.2, 0.25) is 0 Å². The number of halogens is 1. The Morgan fingerprint density at radius 1 is 1.57 bits per heavy atom. The molecule has 14 heavy (non-hydrogen) atoms. The maximum absolute atomic E-state index is 9.27. The second-order valence-electron chi connectivity index (χ2n) is 3.99. The fraction of sp³-hybridized carbons (Fsp3) is 0.600. The van der Waals surface area contributed by atoms with Crippen LogP contribution < -0.4 is 5.32 Å². The van der Waals surface area contributed by atoms with Crippen molar-refractivity contribution in [3.05, 3.63) is 15.9 Å². The molecular formula is C10H14BrNOS. The van der Waals surface area contributed by atoms with Gasteiger partial charge in [-0.1, -0.05) is 6.42 Å². The van der Waals surface area contributed by atoms with Gasteiger partial charge in [-0.05, 0) is 34.8 Å². The van der Waals surface area contributed by atoms with Crippen molar-refractivity contribution in [3.8, 4) is 0 Å². The smallest absolute Gasteiger partial charge is 0.0894 e. The van der Waals surface area contributed by atoms with Gasteiger partial charge < -0.3 is 10.4 Å². The molecule has 1 aliphatic rings. The Kier molecular flexibility index (Phi) is 3.14. The first-order valence-electron chi connectivity index (χ1n) is 4.83. The van der Waals surface area contributed by atoms with E-state index in [1.807, 2.05) is 0 Å². The summed E-state index contributed by atoms with van der Waals surface area (Å²) in [6, 6.07) is 2.08. The number of hydrogen-bond donors (Lipinski definition) is 2. The summed E-state index contributed by atoms with van der Waals surface area (Å²) in [6.45, 7) is 1.21. The highest BCUT2D eigenvalue weighted by Crippen LogP contribution is 2.40. The monoisotopic (exact) mass is 275 g/mol. The Hall–Kier alpha value is -0.0600. The lowest BCUT2D eigenvalue weighted by Gasteiger charge is -2.40. The lowest BCUT2D eigenvalue weighted by Crippen LogP contribution is -2.39. The van der Waals surface area contributed by atoms with Gasteiger partial charge in [0.25, 0.3) is 0 Å². The predicted molar refractivity (Wildman–Crippen MR) is 63.9 cm³/mol. The number of anilines is 1. The van der Waals surface area contributed by atoms with Crippen molar-refractivity contribution in [2.24, 2.45) is 5.41 Å². The lowest BCUT2D eigenvalue weighted by molar-refractivity contribution is 0.0577. The number of aliphatic hydroxyl groups excluding tert-OH is 1. The first kappa shape index (κ1) is 10.5. The van der Waals surface area contributed by atoms with Crippen LogP contribution in [0.25, 0.3) is 0 Å². The van der Waals surface area contributed by atoms with E-state index in [9.17, 15) is 5.11 Å². The minimum atomic E-state index is 0.163. The minimum Gasteiger partial charge on any atom is -0.396 e. The minimum absolute atomic E-state index is 0.163. The summed E-state index contributed by atoms with van der Waals surface area (Å²) < 4.78 is 1.12. The molecule has 1 aromatic rings. The van der Waals surface area contributed by atoms with Crippen molar-refractivity contribution in [2.75, 3.05) is 18.5 Å². The summed E-state index contributed by atoms with van der Waals surface area (Å²) >= 11 is 5.12. The molecule has 0 atom stereocenters. The molecule has 0 bridgehead atoms. The van der Waals surface area contributed by atoms with E-state index in [2.05, 4.69) is 32.7 Å². The molecule has 1 fully saturated rings. The van der Waals surface area contributed by atoms with Gasteiger partial charge >= 0.3 is 0 Å². The molecule has 1 heterocycles. The quantitative estimate of drug-likeness (QED) is 0.885. The molecule has 0 saturated heterocycles. The van der Waals surface area contributed by atoms with Crippen molar-refractivity contribution in [1.82, 2.24) is 0 Å². The summed E-state index contributed by atoms with van der Waals surface area (Å²) in [5, 5.41) is 15.9. The molecule has 0 aliphatic heterocycles. The molecule has 4 heteroatoms. The van der Waals surface area contributed by atoms with Crippen LogP contribution in [0.15, 0.2) is 15.9 Å². The van der Waals surface area contributed by atoms with E-state index in [4.69, 9.17) is 0 Å². The molecule has 1 saturated carbocycles. The Morgan fingerprint density at radius 2 is 2.36 bits per heavy atom. The van der Waals surface area contributed by atoms with Gasteiger partial charge in [0, 0.05) is 21.8 Å². The average molecular weight is 276 g/mol. The molecule has 0 aromatic carbocycles. The van der Waals surface area contributed by atoms with Crippen molar-refractivity contribution < 1.29 is 5.11 Å². The first-order valence-corrected chi connectivity index (χ1v) is 6.50. The van der Waals surface area contributed by atoms with E-state index in [-0.39, 0.29) is 5.41 Å². The Morgan fingerprint density at radius 3 is 2.79 bits per heavy atom. The highest BCUT2D eigenvalue weighted by molar-refractivity contribution is 9.10. The van der Waals surface area contributed by atoms with Gasteiger partial charge in [-0.25, -0.2) is 0 Å². The van der Waals surface area contributed by atoms with Gasteiger partial charge in [-0.3, -0.25) is 0 Å². The van der Waals surface area contributed by atoms with Crippen LogP contribution >= 0.6 is 27.3 Å². The molecule has 2 nitrogen and oxygen atoms in total. The lowest BCUT2D eigenvalue weighted by atomic mass is 9.69. The third-order valence-electron chi connectivity index (χ3n) is 2.95. The second-order valence-corrected chi connectivity index (χ2v) is 5.82. The zero-order chi connectivity index (χ0) is 10.0. The molecular weight excluding hydrogens is 262 g/mol. The predicted octanol–water partition coefficient (Wildman–Crippen LogP) is 3.09. The average Bonchev–Trinajstić information content (AvgIpc) is 2.50. The van der Waals surface area contributed by atoms with Gasteiger partial charge in [0.15, 0.2) is 0 Å². The molecule has 0 radical (unpaired) electrons. The number of hydrogen-bond acceptors (Lipinski definition) is 3. The molecule has 2 rings (SSSR count). The number of thiophene rings is 1. The molecule has 78 valence electrons. The fourth-order valence-corrected chi connectivity index (χ4v) is 3.07. The van der Waals surface area contributed by atoms with Crippen molar-refractivity contribution in [2.45, 2.75) is 19.3 Å². The molecule has 0 amide bonds. The van der Waals surface area contributed by atoms with E-state index in [0.29, 0.717) is 6.61 Å². The second kappa shape index (κ2) is 4.21. The van der Waals surface area contributed by atoms with E-state index in [1.54, 1.807) is 11.3 Å². The summed E-state index contributed by atoms with van der Waals surface area (Å²) in [5.41, 5.74) is 0.163. The van der Waals surface area contributed by atoms with Gasteiger partial charge in [0.05, 0.1) is 11.6 Å². The van der Waals surface area contributed by atoms with Gasteiger partial charge in [0.1, 0.15) is 0 Å². The number of aliphatic hydroxyl groups is 1. The molecule has 2 N–H and O–H groups in total. The highest BCUT2D eigenvalue weighted by Gasteiger charge is 2.35. The van der Waals surface area contributed by atoms with Crippen molar-refractivity contribution in [3.63, 3.8) is 0 Å².